The molecule has 3 rings (SSSR count). The number of nitrogens with zero attached hydrogens (tertiary/aromatic N) is 3. The number of carbonyl (C=O) groups excluding carboxylic acids is 1. The first-order chi connectivity index (χ1) is 12.5. The topological polar surface area (TPSA) is 59.8 Å². The highest BCUT2D eigenvalue weighted by Crippen LogP contribution is 2.31. The van der Waals surface area contributed by atoms with Gasteiger partial charge in [-0.3, -0.25) is 14.8 Å². The molecule has 134 valence electrons. The Hall–Kier alpha value is -2.73. The van der Waals surface area contributed by atoms with Gasteiger partial charge in [0.05, 0.1) is 11.9 Å². The van der Waals surface area contributed by atoms with Crippen LogP contribution < -0.4 is 5.32 Å². The van der Waals surface area contributed by atoms with Crippen molar-refractivity contribution in [2.75, 3.05) is 5.32 Å². The summed E-state index contributed by atoms with van der Waals surface area (Å²) in [6.45, 7) is 9.03. The fourth-order valence-electron chi connectivity index (χ4n) is 2.56. The van der Waals surface area contributed by atoms with E-state index in [0.29, 0.717) is 5.13 Å². The number of thiazole rings is 1. The molecular formula is C20H22N4OS. The highest BCUT2D eigenvalue weighted by molar-refractivity contribution is 7.16. The zero-order chi connectivity index (χ0) is 18.7. The van der Waals surface area contributed by atoms with E-state index < -0.39 is 0 Å². The summed E-state index contributed by atoms with van der Waals surface area (Å²) in [7, 11) is 0. The van der Waals surface area contributed by atoms with Crippen LogP contribution in [-0.4, -0.2) is 20.7 Å². The fraction of sp³-hybridized carbons (Fsp3) is 0.250. The molecule has 0 unspecified atom stereocenters. The van der Waals surface area contributed by atoms with E-state index >= 15 is 0 Å². The second-order valence-corrected chi connectivity index (χ2v) is 7.38. The van der Waals surface area contributed by atoms with Gasteiger partial charge in [-0.05, 0) is 51.0 Å². The molecule has 1 amide bonds. The number of benzene rings is 1. The molecule has 0 fully saturated rings. The van der Waals surface area contributed by atoms with Crippen molar-refractivity contribution < 1.29 is 4.79 Å². The predicted octanol–water partition coefficient (Wildman–Crippen LogP) is 4.60. The summed E-state index contributed by atoms with van der Waals surface area (Å²) in [5.74, 6) is -0.199. The maximum absolute atomic E-state index is 12.2. The van der Waals surface area contributed by atoms with Gasteiger partial charge in [0.2, 0.25) is 5.91 Å². The lowest BCUT2D eigenvalue weighted by Gasteiger charge is -2.03. The number of rotatable bonds is 5. The quantitative estimate of drug-likeness (QED) is 0.671. The van der Waals surface area contributed by atoms with Crippen LogP contribution in [0.5, 0.6) is 0 Å². The van der Waals surface area contributed by atoms with E-state index in [4.69, 9.17) is 0 Å². The molecule has 0 saturated carbocycles. The Labute approximate surface area is 157 Å². The Morgan fingerprint density at radius 2 is 2.08 bits per heavy atom. The van der Waals surface area contributed by atoms with E-state index in [1.165, 1.54) is 28.5 Å². The molecule has 0 aliphatic rings. The first-order valence-corrected chi connectivity index (χ1v) is 9.34. The van der Waals surface area contributed by atoms with E-state index in [9.17, 15) is 4.79 Å². The number of aromatic nitrogens is 3. The van der Waals surface area contributed by atoms with Crippen molar-refractivity contribution >= 4 is 28.5 Å². The Balaban J connectivity index is 1.72. The third kappa shape index (κ3) is 4.08. The molecule has 0 bridgehead atoms. The molecule has 2 heterocycles. The maximum atomic E-state index is 12.2. The van der Waals surface area contributed by atoms with Crippen LogP contribution in [0.1, 0.15) is 28.5 Å². The van der Waals surface area contributed by atoms with Crippen LogP contribution in [-0.2, 0) is 11.3 Å². The molecule has 0 atom stereocenters. The third-order valence-electron chi connectivity index (χ3n) is 4.21. The van der Waals surface area contributed by atoms with E-state index in [1.54, 1.807) is 12.3 Å². The summed E-state index contributed by atoms with van der Waals surface area (Å²) >= 11 is 1.48. The molecular weight excluding hydrogens is 344 g/mol. The molecule has 2 aromatic heterocycles. The van der Waals surface area contributed by atoms with Gasteiger partial charge in [0.1, 0.15) is 0 Å². The maximum Gasteiger partial charge on any atom is 0.250 e. The van der Waals surface area contributed by atoms with Crippen LogP contribution >= 0.6 is 11.3 Å². The SMILES string of the molecule is CCn1cc(/C=C/C(=O)Nc2nc(-c3ccc(C)c(C)c3)c(C)s2)cn1. The van der Waals surface area contributed by atoms with Gasteiger partial charge in [-0.25, -0.2) is 4.98 Å². The van der Waals surface area contributed by atoms with E-state index in [-0.39, 0.29) is 5.91 Å². The second kappa shape index (κ2) is 7.66. The van der Waals surface area contributed by atoms with Gasteiger partial charge in [-0.1, -0.05) is 12.1 Å². The highest BCUT2D eigenvalue weighted by Gasteiger charge is 2.11. The Bertz CT molecular complexity index is 968. The number of hydrogen-bond acceptors (Lipinski definition) is 4. The number of hydrogen-bond donors (Lipinski definition) is 1. The molecule has 26 heavy (non-hydrogen) atoms. The van der Waals surface area contributed by atoms with E-state index in [2.05, 4.69) is 47.4 Å². The first kappa shape index (κ1) is 18.1. The minimum Gasteiger partial charge on any atom is -0.298 e. The highest BCUT2D eigenvalue weighted by atomic mass is 32.1. The lowest BCUT2D eigenvalue weighted by Crippen LogP contribution is -2.07. The fourth-order valence-corrected chi connectivity index (χ4v) is 3.40. The molecule has 1 aromatic carbocycles. The van der Waals surface area contributed by atoms with Crippen LogP contribution in [0.15, 0.2) is 36.7 Å². The molecule has 6 heteroatoms. The van der Waals surface area contributed by atoms with Crippen molar-refractivity contribution in [3.8, 4) is 11.3 Å². The number of amides is 1. The molecule has 0 spiro atoms. The largest absolute Gasteiger partial charge is 0.298 e. The van der Waals surface area contributed by atoms with Crippen molar-refractivity contribution in [1.82, 2.24) is 14.8 Å². The minimum absolute atomic E-state index is 0.199. The van der Waals surface area contributed by atoms with Crippen LogP contribution in [0.4, 0.5) is 5.13 Å². The third-order valence-corrected chi connectivity index (χ3v) is 5.10. The minimum atomic E-state index is -0.199. The predicted molar refractivity (Wildman–Crippen MR) is 107 cm³/mol. The summed E-state index contributed by atoms with van der Waals surface area (Å²) in [5.41, 5.74) is 5.38. The molecule has 0 aliphatic heterocycles. The zero-order valence-electron chi connectivity index (χ0n) is 15.4. The molecule has 0 saturated heterocycles. The van der Waals surface area contributed by atoms with Crippen molar-refractivity contribution in [2.24, 2.45) is 0 Å². The average molecular weight is 366 g/mol. The number of aryl methyl sites for hydroxylation is 4. The van der Waals surface area contributed by atoms with Crippen LogP contribution in [0.25, 0.3) is 17.3 Å². The van der Waals surface area contributed by atoms with Gasteiger partial charge in [-0.2, -0.15) is 5.10 Å². The normalized spacial score (nSPS) is 11.2. The summed E-state index contributed by atoms with van der Waals surface area (Å²) < 4.78 is 1.82. The monoisotopic (exact) mass is 366 g/mol. The Morgan fingerprint density at radius 3 is 2.77 bits per heavy atom. The van der Waals surface area contributed by atoms with Gasteiger partial charge >= 0.3 is 0 Å². The Kier molecular flexibility index (Phi) is 5.32. The second-order valence-electron chi connectivity index (χ2n) is 6.17. The smallest absolute Gasteiger partial charge is 0.250 e. The average Bonchev–Trinajstić information content (AvgIpc) is 3.22. The van der Waals surface area contributed by atoms with Crippen LogP contribution in [0.2, 0.25) is 0 Å². The summed E-state index contributed by atoms with van der Waals surface area (Å²) in [6.07, 6.45) is 6.89. The van der Waals surface area contributed by atoms with Crippen LogP contribution in [0, 0.1) is 20.8 Å². The standard InChI is InChI=1S/C20H22N4OS/c1-5-24-12-16(11-21-24)7-9-18(25)22-20-23-19(15(4)26-20)17-8-6-13(2)14(3)10-17/h6-12H,5H2,1-4H3,(H,22,23,25)/b9-7+. The van der Waals surface area contributed by atoms with E-state index in [0.717, 1.165) is 28.2 Å². The van der Waals surface area contributed by atoms with Crippen molar-refractivity contribution in [3.63, 3.8) is 0 Å². The van der Waals surface area contributed by atoms with Gasteiger partial charge in [0, 0.05) is 34.8 Å². The molecule has 3 aromatic rings. The Morgan fingerprint density at radius 1 is 1.27 bits per heavy atom. The summed E-state index contributed by atoms with van der Waals surface area (Å²) in [4.78, 5) is 17.8. The van der Waals surface area contributed by atoms with Gasteiger partial charge < -0.3 is 0 Å². The lowest BCUT2D eigenvalue weighted by molar-refractivity contribution is -0.111. The molecule has 5 nitrogen and oxygen atoms in total. The number of anilines is 1. The number of nitrogens with one attached hydrogen (secondary N) is 1. The van der Waals surface area contributed by atoms with Crippen molar-refractivity contribution in [3.05, 3.63) is 58.2 Å². The van der Waals surface area contributed by atoms with Gasteiger partial charge in [0.25, 0.3) is 0 Å². The molecule has 0 aliphatic carbocycles. The summed E-state index contributed by atoms with van der Waals surface area (Å²) in [6, 6.07) is 6.30. The number of carbonyl (C=O) groups is 1. The van der Waals surface area contributed by atoms with Crippen molar-refractivity contribution in [2.45, 2.75) is 34.2 Å². The van der Waals surface area contributed by atoms with Gasteiger partial charge in [-0.15, -0.1) is 11.3 Å². The molecule has 1 N–H and O–H groups in total. The van der Waals surface area contributed by atoms with Crippen molar-refractivity contribution in [1.29, 1.82) is 0 Å². The summed E-state index contributed by atoms with van der Waals surface area (Å²) in [5, 5.41) is 7.63. The first-order valence-electron chi connectivity index (χ1n) is 8.53. The zero-order valence-corrected chi connectivity index (χ0v) is 16.2. The lowest BCUT2D eigenvalue weighted by atomic mass is 10.0. The van der Waals surface area contributed by atoms with Gasteiger partial charge in [0.15, 0.2) is 5.13 Å². The molecule has 0 radical (unpaired) electrons. The van der Waals surface area contributed by atoms with Crippen LogP contribution in [0.3, 0.4) is 0 Å². The van der Waals surface area contributed by atoms with E-state index in [1.807, 2.05) is 24.7 Å².